The van der Waals surface area contributed by atoms with Crippen LogP contribution in [0.15, 0.2) is 24.3 Å². The van der Waals surface area contributed by atoms with Crippen LogP contribution < -0.4 is 4.74 Å². The minimum atomic E-state index is -0.820. The Morgan fingerprint density at radius 3 is 2.46 bits per heavy atom. The molecule has 0 amide bonds. The van der Waals surface area contributed by atoms with E-state index in [-0.39, 0.29) is 13.2 Å². The molecule has 0 aromatic heterocycles. The maximum absolute atomic E-state index is 8.99. The van der Waals surface area contributed by atoms with Gasteiger partial charge in [0.15, 0.2) is 0 Å². The van der Waals surface area contributed by atoms with E-state index in [0.29, 0.717) is 5.75 Å². The van der Waals surface area contributed by atoms with Crippen molar-refractivity contribution >= 4 is 0 Å². The molecule has 0 saturated heterocycles. The number of hydrogen-bond acceptors (Lipinski definition) is 3. The smallest absolute Gasteiger partial charge is 0.119 e. The molecule has 3 nitrogen and oxygen atoms in total. The van der Waals surface area contributed by atoms with Gasteiger partial charge in [-0.3, -0.25) is 0 Å². The van der Waals surface area contributed by atoms with E-state index in [4.69, 9.17) is 14.9 Å². The van der Waals surface area contributed by atoms with Crippen LogP contribution >= 0.6 is 0 Å². The molecule has 0 aliphatic rings. The van der Waals surface area contributed by atoms with Crippen molar-refractivity contribution < 1.29 is 14.9 Å². The standard InChI is InChI=1S/C10H13O3/c1-8-2-4-10(5-3-8)13-7-9(12)6-11/h2-5,9,11-12H,1,6-7H2. The number of benzene rings is 1. The lowest BCUT2D eigenvalue weighted by Crippen LogP contribution is -2.21. The SMILES string of the molecule is [CH2]c1ccc(OCC(O)CO)cc1. The Hall–Kier alpha value is -1.06. The third-order valence-corrected chi connectivity index (χ3v) is 1.58. The number of aliphatic hydroxyl groups is 2. The Kier molecular flexibility index (Phi) is 3.73. The topological polar surface area (TPSA) is 49.7 Å². The molecule has 0 saturated carbocycles. The highest BCUT2D eigenvalue weighted by Crippen LogP contribution is 2.11. The molecule has 1 rings (SSSR count). The highest BCUT2D eigenvalue weighted by Gasteiger charge is 2.01. The van der Waals surface area contributed by atoms with Gasteiger partial charge in [0.2, 0.25) is 0 Å². The normalized spacial score (nSPS) is 12.5. The number of hydrogen-bond donors (Lipinski definition) is 2. The molecule has 0 bridgehead atoms. The predicted octanol–water partition coefficient (Wildman–Crippen LogP) is 0.601. The molecule has 0 heterocycles. The van der Waals surface area contributed by atoms with Crippen molar-refractivity contribution in [1.82, 2.24) is 0 Å². The van der Waals surface area contributed by atoms with Crippen molar-refractivity contribution in [3.63, 3.8) is 0 Å². The first kappa shape index (κ1) is 10.0. The number of aliphatic hydroxyl groups excluding tert-OH is 2. The summed E-state index contributed by atoms with van der Waals surface area (Å²) >= 11 is 0. The highest BCUT2D eigenvalue weighted by atomic mass is 16.5. The van der Waals surface area contributed by atoms with Gasteiger partial charge in [-0.05, 0) is 24.6 Å². The zero-order valence-electron chi connectivity index (χ0n) is 7.31. The van der Waals surface area contributed by atoms with Gasteiger partial charge in [0.1, 0.15) is 18.5 Å². The van der Waals surface area contributed by atoms with Gasteiger partial charge in [0, 0.05) is 0 Å². The molecule has 0 aliphatic carbocycles. The summed E-state index contributed by atoms with van der Waals surface area (Å²) in [5.41, 5.74) is 0.912. The number of rotatable bonds is 4. The summed E-state index contributed by atoms with van der Waals surface area (Å²) in [6.45, 7) is 3.55. The van der Waals surface area contributed by atoms with Crippen molar-refractivity contribution in [3.8, 4) is 5.75 Å². The van der Waals surface area contributed by atoms with Crippen LogP contribution in [0.3, 0.4) is 0 Å². The van der Waals surface area contributed by atoms with Gasteiger partial charge >= 0.3 is 0 Å². The highest BCUT2D eigenvalue weighted by molar-refractivity contribution is 5.28. The van der Waals surface area contributed by atoms with E-state index >= 15 is 0 Å². The van der Waals surface area contributed by atoms with E-state index in [1.807, 2.05) is 12.1 Å². The van der Waals surface area contributed by atoms with E-state index in [1.165, 1.54) is 0 Å². The molecule has 1 radical (unpaired) electrons. The Labute approximate surface area is 77.6 Å². The zero-order valence-corrected chi connectivity index (χ0v) is 7.31. The molecule has 3 heteroatoms. The maximum Gasteiger partial charge on any atom is 0.119 e. The Balaban J connectivity index is 2.41. The quantitative estimate of drug-likeness (QED) is 0.715. The second-order valence-corrected chi connectivity index (χ2v) is 2.79. The summed E-state index contributed by atoms with van der Waals surface area (Å²) in [6, 6.07) is 7.18. The molecule has 1 unspecified atom stereocenters. The predicted molar refractivity (Wildman–Crippen MR) is 49.5 cm³/mol. The van der Waals surface area contributed by atoms with Crippen molar-refractivity contribution in [2.75, 3.05) is 13.2 Å². The lowest BCUT2D eigenvalue weighted by molar-refractivity contribution is 0.0536. The van der Waals surface area contributed by atoms with Gasteiger partial charge in [-0.15, -0.1) is 0 Å². The molecule has 2 N–H and O–H groups in total. The fraction of sp³-hybridized carbons (Fsp3) is 0.300. The van der Waals surface area contributed by atoms with E-state index in [1.54, 1.807) is 12.1 Å². The van der Waals surface area contributed by atoms with Crippen LogP contribution in [0.1, 0.15) is 5.56 Å². The van der Waals surface area contributed by atoms with Gasteiger partial charge in [-0.1, -0.05) is 12.1 Å². The largest absolute Gasteiger partial charge is 0.491 e. The summed E-state index contributed by atoms with van der Waals surface area (Å²) in [7, 11) is 0. The second kappa shape index (κ2) is 4.84. The van der Waals surface area contributed by atoms with Crippen LogP contribution in [-0.2, 0) is 0 Å². The second-order valence-electron chi connectivity index (χ2n) is 2.79. The molecule has 0 aliphatic heterocycles. The summed E-state index contributed by atoms with van der Waals surface area (Å²) in [6.07, 6.45) is -0.820. The van der Waals surface area contributed by atoms with Gasteiger partial charge < -0.3 is 14.9 Å². The first-order valence-electron chi connectivity index (χ1n) is 4.06. The Morgan fingerprint density at radius 1 is 1.31 bits per heavy atom. The minimum Gasteiger partial charge on any atom is -0.491 e. The third-order valence-electron chi connectivity index (χ3n) is 1.58. The molecule has 1 aromatic rings. The summed E-state index contributed by atoms with van der Waals surface area (Å²) in [5, 5.41) is 17.5. The lowest BCUT2D eigenvalue weighted by atomic mass is 10.2. The summed E-state index contributed by atoms with van der Waals surface area (Å²) < 4.78 is 5.18. The Bertz CT molecular complexity index is 243. The van der Waals surface area contributed by atoms with Gasteiger partial charge in [0.05, 0.1) is 6.61 Å². The molecule has 71 valence electrons. The molecular formula is C10H13O3. The fourth-order valence-electron chi connectivity index (χ4n) is 0.831. The number of ether oxygens (including phenoxy) is 1. The minimum absolute atomic E-state index is 0.104. The fourth-order valence-corrected chi connectivity index (χ4v) is 0.831. The molecule has 1 aromatic carbocycles. The van der Waals surface area contributed by atoms with Gasteiger partial charge in [-0.2, -0.15) is 0 Å². The van der Waals surface area contributed by atoms with Crippen molar-refractivity contribution in [2.45, 2.75) is 6.10 Å². The molecule has 13 heavy (non-hydrogen) atoms. The van der Waals surface area contributed by atoms with Crippen molar-refractivity contribution in [2.24, 2.45) is 0 Å². The summed E-state index contributed by atoms with van der Waals surface area (Å²) in [5.74, 6) is 0.667. The van der Waals surface area contributed by atoms with Crippen LogP contribution in [0, 0.1) is 6.92 Å². The van der Waals surface area contributed by atoms with Crippen LogP contribution in [0.4, 0.5) is 0 Å². The third kappa shape index (κ3) is 3.44. The van der Waals surface area contributed by atoms with Crippen LogP contribution in [0.2, 0.25) is 0 Å². The van der Waals surface area contributed by atoms with E-state index in [0.717, 1.165) is 5.56 Å². The lowest BCUT2D eigenvalue weighted by Gasteiger charge is -2.09. The molecule has 0 fully saturated rings. The van der Waals surface area contributed by atoms with Crippen molar-refractivity contribution in [1.29, 1.82) is 0 Å². The van der Waals surface area contributed by atoms with Crippen LogP contribution in [0.5, 0.6) is 5.75 Å². The first-order chi connectivity index (χ1) is 6.22. The Morgan fingerprint density at radius 2 is 1.92 bits per heavy atom. The van der Waals surface area contributed by atoms with Gasteiger partial charge in [-0.25, -0.2) is 0 Å². The molecule has 0 spiro atoms. The van der Waals surface area contributed by atoms with E-state index in [2.05, 4.69) is 6.92 Å². The van der Waals surface area contributed by atoms with E-state index in [9.17, 15) is 0 Å². The maximum atomic E-state index is 8.99. The summed E-state index contributed by atoms with van der Waals surface area (Å²) in [4.78, 5) is 0. The molecule has 1 atom stereocenters. The van der Waals surface area contributed by atoms with Gasteiger partial charge in [0.25, 0.3) is 0 Å². The van der Waals surface area contributed by atoms with Crippen LogP contribution in [-0.4, -0.2) is 29.5 Å². The first-order valence-corrected chi connectivity index (χ1v) is 4.06. The van der Waals surface area contributed by atoms with E-state index < -0.39 is 6.10 Å². The average molecular weight is 181 g/mol. The van der Waals surface area contributed by atoms with Crippen LogP contribution in [0.25, 0.3) is 0 Å². The van der Waals surface area contributed by atoms with Crippen molar-refractivity contribution in [3.05, 3.63) is 36.8 Å². The monoisotopic (exact) mass is 181 g/mol. The average Bonchev–Trinajstić information content (AvgIpc) is 2.16. The molecular weight excluding hydrogens is 168 g/mol. The zero-order chi connectivity index (χ0) is 9.68.